The van der Waals surface area contributed by atoms with Crippen molar-refractivity contribution in [2.24, 2.45) is 5.11 Å². The predicted octanol–water partition coefficient (Wildman–Crippen LogP) is 0.918. The molecule has 3 N–H and O–H groups in total. The number of carbonyl (C=O) groups is 1. The molecular weight excluding hydrogens is 254 g/mol. The van der Waals surface area contributed by atoms with Gasteiger partial charge in [0.15, 0.2) is 17.8 Å². The van der Waals surface area contributed by atoms with Crippen LogP contribution in [0.1, 0.15) is 22.0 Å². The Morgan fingerprint density at radius 2 is 2.21 bits per heavy atom. The van der Waals surface area contributed by atoms with E-state index in [9.17, 15) is 20.1 Å². The molecule has 1 aromatic carbocycles. The second kappa shape index (κ2) is 6.60. The summed E-state index contributed by atoms with van der Waals surface area (Å²) in [6.07, 6.45) is -2.40. The number of azide groups is 1. The van der Waals surface area contributed by atoms with Crippen LogP contribution in [0.15, 0.2) is 17.2 Å². The number of nitrogens with zero attached hydrogens (tertiary/aromatic N) is 3. The summed E-state index contributed by atoms with van der Waals surface area (Å²) in [4.78, 5) is 13.4. The Bertz CT molecular complexity index is 513. The number of aliphatic hydroxyl groups is 2. The maximum Gasteiger partial charge on any atom is 0.161 e. The third kappa shape index (κ3) is 3.35. The Hall–Kier alpha value is -2.28. The molecule has 1 aromatic rings. The molecule has 102 valence electrons. The number of aromatic hydroxyl groups is 1. The number of hydrogen-bond acceptors (Lipinski definition) is 6. The standard InChI is InChI=1S/C11H13N3O5/c1-19-10-2-6(5-15)7(3-8(10)16)11(18)9(17)4-13-14-12/h2-3,5,9,11,16-18H,4H2,1H3. The summed E-state index contributed by atoms with van der Waals surface area (Å²) in [6, 6.07) is 2.35. The number of phenolic OH excluding ortho intramolecular Hbond substituents is 1. The normalized spacial score (nSPS) is 13.2. The average molecular weight is 267 g/mol. The first kappa shape index (κ1) is 14.8. The second-order valence-corrected chi connectivity index (χ2v) is 3.70. The van der Waals surface area contributed by atoms with Gasteiger partial charge in [-0.1, -0.05) is 5.11 Å². The van der Waals surface area contributed by atoms with Crippen LogP contribution in [0.2, 0.25) is 0 Å². The minimum Gasteiger partial charge on any atom is -0.504 e. The van der Waals surface area contributed by atoms with E-state index in [4.69, 9.17) is 10.3 Å². The smallest absolute Gasteiger partial charge is 0.161 e. The van der Waals surface area contributed by atoms with E-state index in [-0.39, 0.29) is 29.2 Å². The van der Waals surface area contributed by atoms with E-state index in [2.05, 4.69) is 10.0 Å². The Morgan fingerprint density at radius 1 is 1.53 bits per heavy atom. The summed E-state index contributed by atoms with van der Waals surface area (Å²) >= 11 is 0. The number of benzene rings is 1. The fourth-order valence-corrected chi connectivity index (χ4v) is 1.55. The Kier molecular flexibility index (Phi) is 5.13. The molecule has 0 aliphatic rings. The topological polar surface area (TPSA) is 136 Å². The number of hydrogen-bond donors (Lipinski definition) is 3. The lowest BCUT2D eigenvalue weighted by atomic mass is 9.98. The molecule has 0 aliphatic carbocycles. The van der Waals surface area contributed by atoms with E-state index >= 15 is 0 Å². The van der Waals surface area contributed by atoms with E-state index < -0.39 is 12.2 Å². The highest BCUT2D eigenvalue weighted by Gasteiger charge is 2.22. The van der Waals surface area contributed by atoms with Crippen molar-refractivity contribution in [1.29, 1.82) is 0 Å². The molecule has 2 atom stereocenters. The van der Waals surface area contributed by atoms with Gasteiger partial charge in [0.25, 0.3) is 0 Å². The molecule has 0 amide bonds. The largest absolute Gasteiger partial charge is 0.504 e. The van der Waals surface area contributed by atoms with Gasteiger partial charge in [0.2, 0.25) is 0 Å². The first-order valence-electron chi connectivity index (χ1n) is 5.28. The number of carbonyl (C=O) groups excluding carboxylic acids is 1. The van der Waals surface area contributed by atoms with Gasteiger partial charge in [-0.3, -0.25) is 4.79 Å². The maximum atomic E-state index is 10.9. The zero-order valence-electron chi connectivity index (χ0n) is 10.1. The molecule has 8 nitrogen and oxygen atoms in total. The van der Waals surface area contributed by atoms with E-state index in [1.54, 1.807) is 0 Å². The first-order chi connectivity index (χ1) is 9.04. The maximum absolute atomic E-state index is 10.9. The molecule has 0 radical (unpaired) electrons. The quantitative estimate of drug-likeness (QED) is 0.304. The molecule has 8 heteroatoms. The summed E-state index contributed by atoms with van der Waals surface area (Å²) in [7, 11) is 1.32. The zero-order chi connectivity index (χ0) is 14.4. The van der Waals surface area contributed by atoms with Gasteiger partial charge in [-0.15, -0.1) is 0 Å². The van der Waals surface area contributed by atoms with Crippen LogP contribution in [0.3, 0.4) is 0 Å². The molecule has 0 saturated carbocycles. The number of methoxy groups -OCH3 is 1. The highest BCUT2D eigenvalue weighted by molar-refractivity contribution is 5.79. The van der Waals surface area contributed by atoms with Crippen LogP contribution in [0.5, 0.6) is 11.5 Å². The van der Waals surface area contributed by atoms with Crippen LogP contribution in [0.25, 0.3) is 10.4 Å². The van der Waals surface area contributed by atoms with Gasteiger partial charge in [-0.2, -0.15) is 0 Å². The summed E-state index contributed by atoms with van der Waals surface area (Å²) < 4.78 is 4.83. The van der Waals surface area contributed by atoms with Crippen molar-refractivity contribution >= 4 is 6.29 Å². The second-order valence-electron chi connectivity index (χ2n) is 3.70. The van der Waals surface area contributed by atoms with Gasteiger partial charge < -0.3 is 20.1 Å². The highest BCUT2D eigenvalue weighted by atomic mass is 16.5. The Balaban J connectivity index is 3.14. The fourth-order valence-electron chi connectivity index (χ4n) is 1.55. The van der Waals surface area contributed by atoms with Crippen LogP contribution in [0, 0.1) is 0 Å². The van der Waals surface area contributed by atoms with Crippen molar-refractivity contribution in [1.82, 2.24) is 0 Å². The van der Waals surface area contributed by atoms with E-state index in [1.165, 1.54) is 13.2 Å². The molecule has 19 heavy (non-hydrogen) atoms. The van der Waals surface area contributed by atoms with Gasteiger partial charge in [-0.25, -0.2) is 0 Å². The molecule has 0 spiro atoms. The number of phenols is 1. The summed E-state index contributed by atoms with van der Waals surface area (Å²) in [5.41, 5.74) is 8.21. The van der Waals surface area contributed by atoms with E-state index in [1.807, 2.05) is 0 Å². The van der Waals surface area contributed by atoms with Crippen molar-refractivity contribution in [3.8, 4) is 11.5 Å². The van der Waals surface area contributed by atoms with Gasteiger partial charge in [-0.05, 0) is 23.2 Å². The average Bonchev–Trinajstić information content (AvgIpc) is 2.43. The minimum atomic E-state index is -1.47. The van der Waals surface area contributed by atoms with E-state index in [0.717, 1.165) is 6.07 Å². The van der Waals surface area contributed by atoms with Crippen LogP contribution < -0.4 is 4.74 Å². The third-order valence-electron chi connectivity index (χ3n) is 2.53. The summed E-state index contributed by atoms with van der Waals surface area (Å²) in [5, 5.41) is 32.2. The summed E-state index contributed by atoms with van der Waals surface area (Å²) in [6.45, 7) is -0.358. The molecule has 0 heterocycles. The molecule has 1 rings (SSSR count). The van der Waals surface area contributed by atoms with Gasteiger partial charge in [0, 0.05) is 10.5 Å². The first-order valence-corrected chi connectivity index (χ1v) is 5.28. The van der Waals surface area contributed by atoms with Crippen LogP contribution in [-0.4, -0.2) is 41.4 Å². The molecule has 0 bridgehead atoms. The monoisotopic (exact) mass is 267 g/mol. The van der Waals surface area contributed by atoms with Crippen molar-refractivity contribution in [2.75, 3.05) is 13.7 Å². The van der Waals surface area contributed by atoms with Gasteiger partial charge in [0.05, 0.1) is 19.8 Å². The predicted molar refractivity (Wildman–Crippen MR) is 65.0 cm³/mol. The molecule has 0 aromatic heterocycles. The van der Waals surface area contributed by atoms with Crippen molar-refractivity contribution < 1.29 is 24.9 Å². The fraction of sp³-hybridized carbons (Fsp3) is 0.364. The van der Waals surface area contributed by atoms with Crippen molar-refractivity contribution in [3.05, 3.63) is 33.7 Å². The molecule has 0 aliphatic heterocycles. The van der Waals surface area contributed by atoms with Crippen LogP contribution in [-0.2, 0) is 0 Å². The van der Waals surface area contributed by atoms with E-state index in [0.29, 0.717) is 6.29 Å². The number of rotatable bonds is 6. The molecule has 2 unspecified atom stereocenters. The van der Waals surface area contributed by atoms with Crippen molar-refractivity contribution in [3.63, 3.8) is 0 Å². The van der Waals surface area contributed by atoms with Crippen molar-refractivity contribution in [2.45, 2.75) is 12.2 Å². The third-order valence-corrected chi connectivity index (χ3v) is 2.53. The number of ether oxygens (including phenoxy) is 1. The lowest BCUT2D eigenvalue weighted by molar-refractivity contribution is 0.0239. The van der Waals surface area contributed by atoms with Crippen LogP contribution in [0.4, 0.5) is 0 Å². The lowest BCUT2D eigenvalue weighted by Crippen LogP contribution is -2.22. The number of aliphatic hydroxyl groups excluding tert-OH is 2. The highest BCUT2D eigenvalue weighted by Crippen LogP contribution is 2.32. The minimum absolute atomic E-state index is 0.0222. The Labute approximate surface area is 108 Å². The van der Waals surface area contributed by atoms with Gasteiger partial charge in [0.1, 0.15) is 6.10 Å². The molecule has 0 saturated heterocycles. The van der Waals surface area contributed by atoms with Gasteiger partial charge >= 0.3 is 0 Å². The van der Waals surface area contributed by atoms with Crippen LogP contribution >= 0.6 is 0 Å². The molecule has 0 fully saturated rings. The Morgan fingerprint density at radius 3 is 2.74 bits per heavy atom. The zero-order valence-corrected chi connectivity index (χ0v) is 10.1. The lowest BCUT2D eigenvalue weighted by Gasteiger charge is -2.19. The summed E-state index contributed by atoms with van der Waals surface area (Å²) in [5.74, 6) is -0.208. The SMILES string of the molecule is COc1cc(C=O)c(C(O)C(O)CN=[N+]=[N-])cc1O. The number of aldehydes is 1. The molecular formula is C11H13N3O5.